The minimum Gasteiger partial charge on any atom is -0.392 e. The molecule has 0 heterocycles. The summed E-state index contributed by atoms with van der Waals surface area (Å²) in [6.07, 6.45) is 1.05. The van der Waals surface area contributed by atoms with Crippen LogP contribution in [0.5, 0.6) is 0 Å². The van der Waals surface area contributed by atoms with Crippen LogP contribution in [-0.4, -0.2) is 17.0 Å². The molecule has 2 heteroatoms. The van der Waals surface area contributed by atoms with E-state index >= 15 is 0 Å². The maximum atomic E-state index is 11.9. The molecule has 2 atom stereocenters. The van der Waals surface area contributed by atoms with E-state index < -0.39 is 6.10 Å². The lowest BCUT2D eigenvalue weighted by atomic mass is 9.92. The van der Waals surface area contributed by atoms with Crippen molar-refractivity contribution in [2.45, 2.75) is 32.8 Å². The number of carbonyl (C=O) groups excluding carboxylic acids is 1. The van der Waals surface area contributed by atoms with Crippen molar-refractivity contribution in [2.24, 2.45) is 5.92 Å². The molecule has 82 valence electrons. The molecule has 0 bridgehead atoms. The normalized spacial score (nSPS) is 14.6. The van der Waals surface area contributed by atoms with Gasteiger partial charge in [-0.1, -0.05) is 50.6 Å². The molecule has 0 radical (unpaired) electrons. The zero-order valence-corrected chi connectivity index (χ0v) is 9.31. The van der Waals surface area contributed by atoms with Gasteiger partial charge in [0.2, 0.25) is 0 Å². The third-order valence-corrected chi connectivity index (χ3v) is 2.63. The largest absolute Gasteiger partial charge is 0.392 e. The second-order valence-electron chi connectivity index (χ2n) is 3.87. The van der Waals surface area contributed by atoms with Gasteiger partial charge in [-0.3, -0.25) is 4.79 Å². The zero-order chi connectivity index (χ0) is 11.3. The summed E-state index contributed by atoms with van der Waals surface area (Å²) in [7, 11) is 0. The van der Waals surface area contributed by atoms with Gasteiger partial charge >= 0.3 is 0 Å². The number of ketones is 1. The second kappa shape index (κ2) is 5.66. The molecule has 1 aromatic rings. The van der Waals surface area contributed by atoms with Gasteiger partial charge in [0.1, 0.15) is 0 Å². The average Bonchev–Trinajstić information content (AvgIpc) is 2.28. The highest BCUT2D eigenvalue weighted by atomic mass is 16.3. The first-order chi connectivity index (χ1) is 7.16. The van der Waals surface area contributed by atoms with E-state index in [1.807, 2.05) is 25.1 Å². The summed E-state index contributed by atoms with van der Waals surface area (Å²) < 4.78 is 0. The highest BCUT2D eigenvalue weighted by Gasteiger charge is 2.21. The number of hydrogen-bond donors (Lipinski definition) is 1. The molecule has 0 saturated heterocycles. The molecule has 0 aliphatic rings. The van der Waals surface area contributed by atoms with E-state index in [1.54, 1.807) is 19.1 Å². The molecule has 0 amide bonds. The lowest BCUT2D eigenvalue weighted by Crippen LogP contribution is -2.25. The van der Waals surface area contributed by atoms with E-state index in [1.165, 1.54) is 0 Å². The Bertz CT molecular complexity index is 306. The van der Waals surface area contributed by atoms with Crippen molar-refractivity contribution >= 4 is 5.78 Å². The summed E-state index contributed by atoms with van der Waals surface area (Å²) in [5.74, 6) is -0.288. The Kier molecular flexibility index (Phi) is 4.50. The molecular formula is C13H18O2. The molecule has 0 aliphatic heterocycles. The Morgan fingerprint density at radius 3 is 2.47 bits per heavy atom. The summed E-state index contributed by atoms with van der Waals surface area (Å²) in [6, 6.07) is 9.14. The molecule has 15 heavy (non-hydrogen) atoms. The fourth-order valence-corrected chi connectivity index (χ4v) is 1.59. The highest BCUT2D eigenvalue weighted by Crippen LogP contribution is 2.15. The Labute approximate surface area is 90.9 Å². The Morgan fingerprint density at radius 2 is 1.93 bits per heavy atom. The van der Waals surface area contributed by atoms with E-state index in [4.69, 9.17) is 0 Å². The molecule has 2 nitrogen and oxygen atoms in total. The molecule has 0 aromatic heterocycles. The van der Waals surface area contributed by atoms with Crippen LogP contribution in [0.1, 0.15) is 37.0 Å². The number of Topliss-reactive ketones (excluding diaryl/α,β-unsaturated/α-hetero) is 1. The standard InChI is InChI=1S/C13H18O2/c1-3-7-12(14)10(2)13(15)11-8-5-4-6-9-11/h4-6,8-10,12,14H,3,7H2,1-2H3. The molecule has 2 unspecified atom stereocenters. The summed E-state index contributed by atoms with van der Waals surface area (Å²) >= 11 is 0. The van der Waals surface area contributed by atoms with Crippen LogP contribution in [0.2, 0.25) is 0 Å². The lowest BCUT2D eigenvalue weighted by molar-refractivity contribution is 0.0689. The van der Waals surface area contributed by atoms with Crippen LogP contribution in [0.25, 0.3) is 0 Å². The third-order valence-electron chi connectivity index (χ3n) is 2.63. The van der Waals surface area contributed by atoms with E-state index in [2.05, 4.69) is 0 Å². The summed E-state index contributed by atoms with van der Waals surface area (Å²) in [5, 5.41) is 9.73. The molecular weight excluding hydrogens is 188 g/mol. The Morgan fingerprint density at radius 1 is 1.33 bits per heavy atom. The van der Waals surface area contributed by atoms with Gasteiger partial charge in [0.25, 0.3) is 0 Å². The monoisotopic (exact) mass is 206 g/mol. The van der Waals surface area contributed by atoms with Gasteiger partial charge in [0.15, 0.2) is 5.78 Å². The molecule has 0 aliphatic carbocycles. The topological polar surface area (TPSA) is 37.3 Å². The van der Waals surface area contributed by atoms with Gasteiger partial charge in [-0.2, -0.15) is 0 Å². The number of aliphatic hydroxyl groups is 1. The van der Waals surface area contributed by atoms with E-state index in [0.29, 0.717) is 12.0 Å². The van der Waals surface area contributed by atoms with Crippen LogP contribution in [-0.2, 0) is 0 Å². The first-order valence-electron chi connectivity index (χ1n) is 5.44. The maximum Gasteiger partial charge on any atom is 0.168 e. The van der Waals surface area contributed by atoms with E-state index in [-0.39, 0.29) is 11.7 Å². The van der Waals surface area contributed by atoms with Gasteiger partial charge in [-0.15, -0.1) is 0 Å². The number of rotatable bonds is 5. The SMILES string of the molecule is CCCC(O)C(C)C(=O)c1ccccc1. The van der Waals surface area contributed by atoms with Gasteiger partial charge in [-0.25, -0.2) is 0 Å². The van der Waals surface area contributed by atoms with Crippen molar-refractivity contribution in [1.29, 1.82) is 0 Å². The van der Waals surface area contributed by atoms with Crippen LogP contribution in [0.15, 0.2) is 30.3 Å². The van der Waals surface area contributed by atoms with Crippen LogP contribution in [0, 0.1) is 5.92 Å². The van der Waals surface area contributed by atoms with Crippen molar-refractivity contribution in [3.63, 3.8) is 0 Å². The maximum absolute atomic E-state index is 11.9. The minimum atomic E-state index is -0.525. The highest BCUT2D eigenvalue weighted by molar-refractivity contribution is 5.97. The lowest BCUT2D eigenvalue weighted by Gasteiger charge is -2.16. The predicted octanol–water partition coefficient (Wildman–Crippen LogP) is 2.67. The Balaban J connectivity index is 2.69. The predicted molar refractivity (Wildman–Crippen MR) is 60.9 cm³/mol. The fourth-order valence-electron chi connectivity index (χ4n) is 1.59. The molecule has 1 aromatic carbocycles. The van der Waals surface area contributed by atoms with Crippen molar-refractivity contribution < 1.29 is 9.90 Å². The average molecular weight is 206 g/mol. The zero-order valence-electron chi connectivity index (χ0n) is 9.31. The third kappa shape index (κ3) is 3.17. The first kappa shape index (κ1) is 11.9. The van der Waals surface area contributed by atoms with Crippen molar-refractivity contribution in [3.8, 4) is 0 Å². The molecule has 0 spiro atoms. The van der Waals surface area contributed by atoms with Gasteiger partial charge in [-0.05, 0) is 6.42 Å². The molecule has 0 saturated carbocycles. The van der Waals surface area contributed by atoms with Crippen LogP contribution in [0.4, 0.5) is 0 Å². The summed E-state index contributed by atoms with van der Waals surface area (Å²) in [6.45, 7) is 3.79. The van der Waals surface area contributed by atoms with E-state index in [0.717, 1.165) is 6.42 Å². The quantitative estimate of drug-likeness (QED) is 0.752. The molecule has 1 N–H and O–H groups in total. The van der Waals surface area contributed by atoms with Gasteiger partial charge in [0.05, 0.1) is 6.10 Å². The van der Waals surface area contributed by atoms with E-state index in [9.17, 15) is 9.90 Å². The van der Waals surface area contributed by atoms with Gasteiger partial charge < -0.3 is 5.11 Å². The van der Waals surface area contributed by atoms with Crippen LogP contribution in [0.3, 0.4) is 0 Å². The number of hydrogen-bond acceptors (Lipinski definition) is 2. The summed E-state index contributed by atoms with van der Waals surface area (Å²) in [4.78, 5) is 11.9. The van der Waals surface area contributed by atoms with Crippen molar-refractivity contribution in [1.82, 2.24) is 0 Å². The number of aliphatic hydroxyl groups excluding tert-OH is 1. The minimum absolute atomic E-state index is 0.0246. The van der Waals surface area contributed by atoms with Crippen molar-refractivity contribution in [2.75, 3.05) is 0 Å². The number of carbonyl (C=O) groups is 1. The second-order valence-corrected chi connectivity index (χ2v) is 3.87. The summed E-state index contributed by atoms with van der Waals surface area (Å²) in [5.41, 5.74) is 0.681. The smallest absolute Gasteiger partial charge is 0.168 e. The Hall–Kier alpha value is -1.15. The molecule has 1 rings (SSSR count). The van der Waals surface area contributed by atoms with Crippen LogP contribution < -0.4 is 0 Å². The van der Waals surface area contributed by atoms with Crippen molar-refractivity contribution in [3.05, 3.63) is 35.9 Å². The number of benzene rings is 1. The fraction of sp³-hybridized carbons (Fsp3) is 0.462. The molecule has 0 fully saturated rings. The van der Waals surface area contributed by atoms with Gasteiger partial charge in [0, 0.05) is 11.5 Å². The first-order valence-corrected chi connectivity index (χ1v) is 5.44. The van der Waals surface area contributed by atoms with Crippen LogP contribution >= 0.6 is 0 Å².